The van der Waals surface area contributed by atoms with Gasteiger partial charge < -0.3 is 9.15 Å². The number of aryl methyl sites for hydroxylation is 3. The Kier molecular flexibility index (Phi) is 5.81. The predicted molar refractivity (Wildman–Crippen MR) is 139 cm³/mol. The molecule has 0 bridgehead atoms. The van der Waals surface area contributed by atoms with Gasteiger partial charge in [0.15, 0.2) is 11.2 Å². The molecule has 5 nitrogen and oxygen atoms in total. The zero-order chi connectivity index (χ0) is 25.9. The van der Waals surface area contributed by atoms with Crippen LogP contribution in [0.1, 0.15) is 61.8 Å². The van der Waals surface area contributed by atoms with E-state index >= 15 is 0 Å². The average molecular weight is 468 g/mol. The molecule has 1 aliphatic carbocycles. The van der Waals surface area contributed by atoms with Crippen LogP contribution in [0.15, 0.2) is 21.3 Å². The summed E-state index contributed by atoms with van der Waals surface area (Å²) >= 11 is 0. The summed E-state index contributed by atoms with van der Waals surface area (Å²) in [7, 11) is 1.62. The first-order valence-corrected chi connectivity index (χ1v) is 11.6. The second kappa shape index (κ2) is 8.39. The third-order valence-electron chi connectivity index (χ3n) is 7.26. The number of benzene rings is 3. The summed E-state index contributed by atoms with van der Waals surface area (Å²) in [6.45, 7) is 14.7. The van der Waals surface area contributed by atoms with E-state index in [1.807, 2.05) is 46.8 Å². The molecule has 5 heteroatoms. The highest BCUT2D eigenvalue weighted by Crippen LogP contribution is 2.48. The topological polar surface area (TPSA) is 80.3 Å². The molecule has 0 aromatic heterocycles. The number of fused-ring (bicyclic) bond motifs is 2. The number of carbonyl (C=O) groups is 1. The van der Waals surface area contributed by atoms with Crippen molar-refractivity contribution < 1.29 is 13.9 Å². The lowest BCUT2D eigenvalue weighted by Crippen LogP contribution is -2.13. The van der Waals surface area contributed by atoms with E-state index in [-0.39, 0.29) is 11.2 Å². The zero-order valence-corrected chi connectivity index (χ0v) is 21.7. The number of hydrogen-bond donors (Lipinski definition) is 0. The van der Waals surface area contributed by atoms with Crippen LogP contribution in [0.5, 0.6) is 5.75 Å². The number of carbonyl (C=O) groups excluding carboxylic acids is 1. The molecule has 0 amide bonds. The van der Waals surface area contributed by atoms with Gasteiger partial charge in [-0.1, -0.05) is 0 Å². The largest absolute Gasteiger partial charge is 0.496 e. The van der Waals surface area contributed by atoms with Crippen LogP contribution in [0.4, 0.5) is 0 Å². The molecule has 1 aliphatic heterocycles. The van der Waals surface area contributed by atoms with E-state index in [0.717, 1.165) is 44.3 Å². The van der Waals surface area contributed by atoms with E-state index < -0.39 is 0 Å². The molecule has 0 spiro atoms. The van der Waals surface area contributed by atoms with Crippen LogP contribution < -0.4 is 10.2 Å². The standard InChI is InChI=1S/C30H29NO4/c1-13-10-21-26(25-17(5)23(12-31)15(3)16(4)24(25)20(8)32)22-11-14(2)28(34-9)19(7)30(22)35-29(21)18(6)27(13)33/h10-11H,1-9H3. The molecule has 35 heavy (non-hydrogen) atoms. The van der Waals surface area contributed by atoms with Crippen molar-refractivity contribution in [3.63, 3.8) is 0 Å². The lowest BCUT2D eigenvalue weighted by molar-refractivity contribution is 0.101. The maximum Gasteiger partial charge on any atom is 0.188 e. The van der Waals surface area contributed by atoms with Crippen LogP contribution >= 0.6 is 0 Å². The molecule has 0 fully saturated rings. The smallest absolute Gasteiger partial charge is 0.188 e. The monoisotopic (exact) mass is 467 g/mol. The molecule has 1 heterocycles. The molecule has 4 rings (SSSR count). The number of rotatable bonds is 3. The minimum Gasteiger partial charge on any atom is -0.496 e. The van der Waals surface area contributed by atoms with E-state index in [2.05, 4.69) is 6.07 Å². The Morgan fingerprint density at radius 1 is 0.886 bits per heavy atom. The maximum absolute atomic E-state index is 13.1. The fourth-order valence-electron chi connectivity index (χ4n) is 5.44. The Balaban J connectivity index is 2.44. The van der Waals surface area contributed by atoms with Gasteiger partial charge in [-0.05, 0) is 101 Å². The van der Waals surface area contributed by atoms with Gasteiger partial charge >= 0.3 is 0 Å². The van der Waals surface area contributed by atoms with Crippen molar-refractivity contribution in [2.45, 2.75) is 55.4 Å². The Bertz CT molecular complexity index is 1650. The normalized spacial score (nSPS) is 11.2. The fraction of sp³-hybridized carbons (Fsp3) is 0.300. The van der Waals surface area contributed by atoms with Gasteiger partial charge in [0.1, 0.15) is 17.1 Å². The zero-order valence-electron chi connectivity index (χ0n) is 21.7. The second-order valence-corrected chi connectivity index (χ2v) is 9.40. The minimum atomic E-state index is -0.0791. The van der Waals surface area contributed by atoms with Gasteiger partial charge in [-0.2, -0.15) is 5.26 Å². The van der Waals surface area contributed by atoms with Crippen LogP contribution in [-0.4, -0.2) is 12.9 Å². The molecular formula is C30H29NO4. The Labute approximate surface area is 205 Å². The average Bonchev–Trinajstić information content (AvgIpc) is 2.80. The molecule has 0 saturated carbocycles. The summed E-state index contributed by atoms with van der Waals surface area (Å²) in [5.74, 6) is 1.11. The van der Waals surface area contributed by atoms with Gasteiger partial charge in [0.25, 0.3) is 0 Å². The van der Waals surface area contributed by atoms with Crippen molar-refractivity contribution in [1.29, 1.82) is 5.26 Å². The van der Waals surface area contributed by atoms with Crippen molar-refractivity contribution in [2.24, 2.45) is 0 Å². The summed E-state index contributed by atoms with van der Waals surface area (Å²) in [4.78, 5) is 26.0. The number of nitriles is 1. The lowest BCUT2D eigenvalue weighted by Gasteiger charge is -2.24. The SMILES string of the molecule is COc1c(C)cc2c(-c3c(C)c(C#N)c(C)c(C)c3C(C)=O)c3cc(C)c(=O)c(C)c-3oc2c1C. The molecule has 0 radical (unpaired) electrons. The number of methoxy groups -OCH3 is 1. The summed E-state index contributed by atoms with van der Waals surface area (Å²) in [6.07, 6.45) is 0. The van der Waals surface area contributed by atoms with Crippen molar-refractivity contribution in [3.8, 4) is 34.3 Å². The van der Waals surface area contributed by atoms with Crippen LogP contribution in [0.25, 0.3) is 33.4 Å². The molecule has 2 aromatic carbocycles. The van der Waals surface area contributed by atoms with E-state index in [1.54, 1.807) is 27.9 Å². The summed E-state index contributed by atoms with van der Waals surface area (Å²) in [6, 6.07) is 6.18. The molecule has 2 aromatic rings. The van der Waals surface area contributed by atoms with E-state index in [4.69, 9.17) is 9.15 Å². The van der Waals surface area contributed by atoms with E-state index in [1.165, 1.54) is 0 Å². The van der Waals surface area contributed by atoms with Gasteiger partial charge in [0.2, 0.25) is 0 Å². The first kappa shape index (κ1) is 24.2. The quantitative estimate of drug-likeness (QED) is 0.244. The summed E-state index contributed by atoms with van der Waals surface area (Å²) in [5.41, 5.74) is 9.07. The van der Waals surface area contributed by atoms with Crippen LogP contribution in [-0.2, 0) is 0 Å². The maximum atomic E-state index is 13.1. The highest BCUT2D eigenvalue weighted by atomic mass is 16.5. The van der Waals surface area contributed by atoms with Crippen LogP contribution in [0, 0.1) is 59.8 Å². The third-order valence-corrected chi connectivity index (χ3v) is 7.26. The Morgan fingerprint density at radius 2 is 1.54 bits per heavy atom. The van der Waals surface area contributed by atoms with Crippen molar-refractivity contribution in [3.05, 3.63) is 72.4 Å². The number of ether oxygens (including phenoxy) is 1. The molecule has 2 aliphatic rings. The highest BCUT2D eigenvalue weighted by molar-refractivity contribution is 6.12. The minimum absolute atomic E-state index is 0.0777. The van der Waals surface area contributed by atoms with Gasteiger partial charge in [-0.15, -0.1) is 0 Å². The molecule has 0 atom stereocenters. The Morgan fingerprint density at radius 3 is 2.11 bits per heavy atom. The Hall–Kier alpha value is -3.91. The van der Waals surface area contributed by atoms with Crippen molar-refractivity contribution in [2.75, 3.05) is 7.11 Å². The van der Waals surface area contributed by atoms with Gasteiger partial charge in [0.05, 0.1) is 18.7 Å². The molecule has 0 N–H and O–H groups in total. The first-order chi connectivity index (χ1) is 16.5. The van der Waals surface area contributed by atoms with Gasteiger partial charge in [-0.25, -0.2) is 0 Å². The van der Waals surface area contributed by atoms with Gasteiger partial charge in [-0.3, -0.25) is 9.59 Å². The van der Waals surface area contributed by atoms with Gasteiger partial charge in [0, 0.05) is 33.2 Å². The van der Waals surface area contributed by atoms with Crippen LogP contribution in [0.3, 0.4) is 0 Å². The second-order valence-electron chi connectivity index (χ2n) is 9.40. The molecular weight excluding hydrogens is 438 g/mol. The predicted octanol–water partition coefficient (Wildman–Crippen LogP) is 6.81. The van der Waals surface area contributed by atoms with E-state index in [9.17, 15) is 14.9 Å². The van der Waals surface area contributed by atoms with Crippen LogP contribution in [0.2, 0.25) is 0 Å². The number of nitrogens with zero attached hydrogens (tertiary/aromatic N) is 1. The molecule has 0 unspecified atom stereocenters. The van der Waals surface area contributed by atoms with Crippen molar-refractivity contribution >= 4 is 16.8 Å². The molecule has 178 valence electrons. The highest BCUT2D eigenvalue weighted by Gasteiger charge is 2.29. The number of Topliss-reactive ketones (excluding diaryl/α,β-unsaturated/α-hetero) is 1. The summed E-state index contributed by atoms with van der Waals surface area (Å²) in [5, 5.41) is 10.8. The van der Waals surface area contributed by atoms with Crippen molar-refractivity contribution in [1.82, 2.24) is 0 Å². The lowest BCUT2D eigenvalue weighted by atomic mass is 9.80. The van der Waals surface area contributed by atoms with E-state index in [0.29, 0.717) is 44.9 Å². The first-order valence-electron chi connectivity index (χ1n) is 11.6. The molecule has 0 saturated heterocycles. The summed E-state index contributed by atoms with van der Waals surface area (Å²) < 4.78 is 12.1. The number of ketones is 1. The third kappa shape index (κ3) is 3.36. The fourth-order valence-corrected chi connectivity index (χ4v) is 5.44. The number of hydrogen-bond acceptors (Lipinski definition) is 5.